The van der Waals surface area contributed by atoms with Crippen molar-refractivity contribution in [1.29, 1.82) is 0 Å². The zero-order valence-corrected chi connectivity index (χ0v) is 17.0. The van der Waals surface area contributed by atoms with E-state index in [0.29, 0.717) is 6.54 Å². The van der Waals surface area contributed by atoms with Gasteiger partial charge in [0.1, 0.15) is 0 Å². The molecule has 0 aliphatic rings. The topological polar surface area (TPSA) is 61.4 Å². The summed E-state index contributed by atoms with van der Waals surface area (Å²) in [7, 11) is 0. The number of likely N-dealkylation sites (N-methyl/N-ethyl adjacent to an activating group) is 1. The summed E-state index contributed by atoms with van der Waals surface area (Å²) in [6, 6.07) is 14.3. The second-order valence-corrected chi connectivity index (χ2v) is 8.00. The van der Waals surface area contributed by atoms with E-state index in [4.69, 9.17) is 0 Å². The minimum atomic E-state index is -0.274. The van der Waals surface area contributed by atoms with Crippen LogP contribution < -0.4 is 10.6 Å². The Kier molecular flexibility index (Phi) is 6.97. The molecule has 0 bridgehead atoms. The van der Waals surface area contributed by atoms with E-state index < -0.39 is 0 Å². The predicted molar refractivity (Wildman–Crippen MR) is 111 cm³/mol. The highest BCUT2D eigenvalue weighted by Crippen LogP contribution is 2.20. The third kappa shape index (κ3) is 6.68. The predicted octanol–water partition coefficient (Wildman–Crippen LogP) is 3.25. The highest BCUT2D eigenvalue weighted by molar-refractivity contribution is 5.84. The average molecular weight is 370 g/mol. The first-order valence-electron chi connectivity index (χ1n) is 9.49. The molecule has 0 saturated heterocycles. The van der Waals surface area contributed by atoms with Crippen LogP contribution >= 0.6 is 0 Å². The van der Waals surface area contributed by atoms with Gasteiger partial charge in [-0.3, -0.25) is 14.5 Å². The highest BCUT2D eigenvalue weighted by Gasteiger charge is 2.18. The highest BCUT2D eigenvalue weighted by atomic mass is 16.2. The quantitative estimate of drug-likeness (QED) is 0.787. The molecule has 2 rings (SSSR count). The van der Waals surface area contributed by atoms with Gasteiger partial charge >= 0.3 is 0 Å². The smallest absolute Gasteiger partial charge is 0.234 e. The van der Waals surface area contributed by atoms with E-state index in [1.54, 1.807) is 0 Å². The summed E-state index contributed by atoms with van der Waals surface area (Å²) in [4.78, 5) is 26.4. The summed E-state index contributed by atoms with van der Waals surface area (Å²) in [5, 5.41) is 8.30. The molecular formula is C22H31N3O2. The molecule has 0 saturated carbocycles. The number of amides is 2. The molecule has 0 spiro atoms. The summed E-state index contributed by atoms with van der Waals surface area (Å²) in [5.74, 6) is -0.152. The molecule has 5 heteroatoms. The molecule has 146 valence electrons. The van der Waals surface area contributed by atoms with Crippen molar-refractivity contribution in [1.82, 2.24) is 15.5 Å². The Morgan fingerprint density at radius 1 is 1.00 bits per heavy atom. The van der Waals surface area contributed by atoms with E-state index in [0.717, 1.165) is 10.9 Å². The molecule has 0 aliphatic carbocycles. The normalized spacial score (nSPS) is 12.8. The third-order valence-electron chi connectivity index (χ3n) is 4.35. The molecule has 2 N–H and O–H groups in total. The van der Waals surface area contributed by atoms with Gasteiger partial charge in [-0.2, -0.15) is 0 Å². The molecule has 1 unspecified atom stereocenters. The maximum absolute atomic E-state index is 12.4. The number of rotatable bonds is 7. The number of nitrogens with one attached hydrogen (secondary N) is 2. The van der Waals surface area contributed by atoms with Crippen molar-refractivity contribution in [3.8, 4) is 0 Å². The lowest BCUT2D eigenvalue weighted by Crippen LogP contribution is -2.48. The lowest BCUT2D eigenvalue weighted by atomic mass is 10.0. The van der Waals surface area contributed by atoms with E-state index in [1.165, 1.54) is 5.39 Å². The fourth-order valence-electron chi connectivity index (χ4n) is 2.99. The lowest BCUT2D eigenvalue weighted by molar-refractivity contribution is -0.126. The van der Waals surface area contributed by atoms with Gasteiger partial charge in [0.25, 0.3) is 0 Å². The van der Waals surface area contributed by atoms with Crippen molar-refractivity contribution in [3.05, 3.63) is 48.0 Å². The van der Waals surface area contributed by atoms with Gasteiger partial charge in [0, 0.05) is 5.54 Å². The van der Waals surface area contributed by atoms with Crippen molar-refractivity contribution < 1.29 is 9.59 Å². The Bertz CT molecular complexity index is 795. The van der Waals surface area contributed by atoms with Crippen LogP contribution in [-0.4, -0.2) is 41.9 Å². The molecule has 1 atom stereocenters. The van der Waals surface area contributed by atoms with Gasteiger partial charge in [-0.1, -0.05) is 43.3 Å². The monoisotopic (exact) mass is 369 g/mol. The third-order valence-corrected chi connectivity index (χ3v) is 4.35. The minimum Gasteiger partial charge on any atom is -0.350 e. The fraction of sp³-hybridized carbons (Fsp3) is 0.455. The Labute approximate surface area is 162 Å². The van der Waals surface area contributed by atoms with Crippen LogP contribution in [0.4, 0.5) is 0 Å². The number of carbonyl (C=O) groups excluding carboxylic acids is 2. The van der Waals surface area contributed by atoms with Gasteiger partial charge in [-0.25, -0.2) is 0 Å². The van der Waals surface area contributed by atoms with Crippen LogP contribution in [0, 0.1) is 0 Å². The number of benzene rings is 2. The average Bonchev–Trinajstić information content (AvgIpc) is 2.58. The van der Waals surface area contributed by atoms with Gasteiger partial charge < -0.3 is 10.6 Å². The molecule has 27 heavy (non-hydrogen) atoms. The van der Waals surface area contributed by atoms with Crippen LogP contribution in [0.5, 0.6) is 0 Å². The van der Waals surface area contributed by atoms with Crippen LogP contribution in [0.3, 0.4) is 0 Å². The summed E-state index contributed by atoms with van der Waals surface area (Å²) in [6.45, 7) is 10.8. The first kappa shape index (κ1) is 20.9. The zero-order valence-electron chi connectivity index (χ0n) is 17.0. The van der Waals surface area contributed by atoms with Crippen molar-refractivity contribution in [2.24, 2.45) is 0 Å². The Balaban J connectivity index is 1.93. The number of carbonyl (C=O) groups is 2. The van der Waals surface area contributed by atoms with Gasteiger partial charge in [0.15, 0.2) is 0 Å². The molecule has 2 amide bonds. The van der Waals surface area contributed by atoms with Gasteiger partial charge in [-0.05, 0) is 56.6 Å². The lowest BCUT2D eigenvalue weighted by Gasteiger charge is -2.25. The van der Waals surface area contributed by atoms with E-state index in [9.17, 15) is 9.59 Å². The van der Waals surface area contributed by atoms with E-state index >= 15 is 0 Å². The molecular weight excluding hydrogens is 338 g/mol. The van der Waals surface area contributed by atoms with Crippen molar-refractivity contribution in [2.75, 3.05) is 19.6 Å². The first-order valence-corrected chi connectivity index (χ1v) is 9.49. The molecule has 2 aromatic rings. The molecule has 5 nitrogen and oxygen atoms in total. The number of hydrogen-bond donors (Lipinski definition) is 2. The molecule has 0 fully saturated rings. The van der Waals surface area contributed by atoms with E-state index in [-0.39, 0.29) is 36.5 Å². The largest absolute Gasteiger partial charge is 0.350 e. The summed E-state index contributed by atoms with van der Waals surface area (Å²) < 4.78 is 0. The van der Waals surface area contributed by atoms with Gasteiger partial charge in [-0.15, -0.1) is 0 Å². The first-order chi connectivity index (χ1) is 12.7. The Hall–Kier alpha value is -2.40. The fourth-order valence-corrected chi connectivity index (χ4v) is 2.99. The van der Waals surface area contributed by atoms with Crippen LogP contribution in [0.1, 0.15) is 46.2 Å². The molecule has 2 aromatic carbocycles. The minimum absolute atomic E-state index is 0.0697. The molecule has 0 aromatic heterocycles. The van der Waals surface area contributed by atoms with Crippen LogP contribution in [0.15, 0.2) is 42.5 Å². The maximum Gasteiger partial charge on any atom is 0.234 e. The standard InChI is InChI=1S/C22H31N3O2/c1-6-25(15-21(27)24-22(3,4)5)14-20(26)23-16(2)18-12-11-17-9-7-8-10-19(17)13-18/h7-13,16H,6,14-15H2,1-5H3,(H,23,26)(H,24,27). The maximum atomic E-state index is 12.4. The Morgan fingerprint density at radius 3 is 2.26 bits per heavy atom. The van der Waals surface area contributed by atoms with Crippen LogP contribution in [0.2, 0.25) is 0 Å². The SMILES string of the molecule is CCN(CC(=O)NC(C)c1ccc2ccccc2c1)CC(=O)NC(C)(C)C. The van der Waals surface area contributed by atoms with Crippen LogP contribution in [0.25, 0.3) is 10.8 Å². The molecule has 0 radical (unpaired) electrons. The van der Waals surface area contributed by atoms with Gasteiger partial charge in [0.05, 0.1) is 19.1 Å². The van der Waals surface area contributed by atoms with Crippen molar-refractivity contribution in [2.45, 2.75) is 46.2 Å². The van der Waals surface area contributed by atoms with Gasteiger partial charge in [0.2, 0.25) is 11.8 Å². The number of fused-ring (bicyclic) bond motifs is 1. The Morgan fingerprint density at radius 2 is 1.63 bits per heavy atom. The summed E-state index contributed by atoms with van der Waals surface area (Å²) in [6.07, 6.45) is 0. The second kappa shape index (κ2) is 9.00. The summed E-state index contributed by atoms with van der Waals surface area (Å²) in [5.41, 5.74) is 0.791. The molecule has 0 aliphatic heterocycles. The molecule has 0 heterocycles. The number of nitrogens with zero attached hydrogens (tertiary/aromatic N) is 1. The second-order valence-electron chi connectivity index (χ2n) is 8.00. The zero-order chi connectivity index (χ0) is 20.0. The van der Waals surface area contributed by atoms with Crippen LogP contribution in [-0.2, 0) is 9.59 Å². The van der Waals surface area contributed by atoms with E-state index in [2.05, 4.69) is 34.9 Å². The van der Waals surface area contributed by atoms with Crippen molar-refractivity contribution in [3.63, 3.8) is 0 Å². The van der Waals surface area contributed by atoms with E-state index in [1.807, 2.05) is 57.7 Å². The number of hydrogen-bond acceptors (Lipinski definition) is 3. The summed E-state index contributed by atoms with van der Waals surface area (Å²) >= 11 is 0. The van der Waals surface area contributed by atoms with Crippen molar-refractivity contribution >= 4 is 22.6 Å².